The Morgan fingerprint density at radius 3 is 2.59 bits per heavy atom. The molecule has 2 atom stereocenters. The van der Waals surface area contributed by atoms with E-state index in [0.29, 0.717) is 46.7 Å². The van der Waals surface area contributed by atoms with Crippen LogP contribution in [0.2, 0.25) is 10.0 Å². The molecule has 4 rings (SSSR count). The van der Waals surface area contributed by atoms with E-state index in [2.05, 4.69) is 10.9 Å². The Hall–Kier alpha value is -2.44. The minimum atomic E-state index is -0.432. The number of rotatable bonds is 3. The number of fused-ring (bicyclic) bond motifs is 1. The van der Waals surface area contributed by atoms with Gasteiger partial charge in [0.25, 0.3) is 5.91 Å². The summed E-state index contributed by atoms with van der Waals surface area (Å²) in [6.07, 6.45) is 0.659. The molecule has 2 aliphatic rings. The van der Waals surface area contributed by atoms with E-state index >= 15 is 0 Å². The molecule has 0 spiro atoms. The Morgan fingerprint density at radius 2 is 1.78 bits per heavy atom. The molecule has 2 N–H and O–H groups in total. The summed E-state index contributed by atoms with van der Waals surface area (Å²) in [5, 5.41) is 0.937. The molecule has 27 heavy (non-hydrogen) atoms. The largest absolute Gasteiger partial charge is 0.486 e. The predicted molar refractivity (Wildman–Crippen MR) is 100 cm³/mol. The minimum Gasteiger partial charge on any atom is -0.486 e. The third-order valence-corrected chi connectivity index (χ3v) is 5.45. The lowest BCUT2D eigenvalue weighted by atomic mass is 10.1. The van der Waals surface area contributed by atoms with Crippen LogP contribution < -0.4 is 20.3 Å². The molecule has 2 unspecified atom stereocenters. The molecule has 6 nitrogen and oxygen atoms in total. The Kier molecular flexibility index (Phi) is 4.85. The van der Waals surface area contributed by atoms with Crippen LogP contribution in [0.5, 0.6) is 11.5 Å². The molecular weight excluding hydrogens is 391 g/mol. The van der Waals surface area contributed by atoms with Crippen molar-refractivity contribution in [3.8, 4) is 11.5 Å². The van der Waals surface area contributed by atoms with Crippen molar-refractivity contribution in [2.45, 2.75) is 12.3 Å². The number of hydrogen-bond donors (Lipinski definition) is 2. The average molecular weight is 407 g/mol. The second kappa shape index (κ2) is 7.29. The Bertz CT molecular complexity index is 919. The molecule has 0 bridgehead atoms. The van der Waals surface area contributed by atoms with Crippen molar-refractivity contribution < 1.29 is 19.1 Å². The Morgan fingerprint density at radius 1 is 1.00 bits per heavy atom. The zero-order valence-corrected chi connectivity index (χ0v) is 15.6. The van der Waals surface area contributed by atoms with Crippen LogP contribution in [-0.4, -0.2) is 25.0 Å². The van der Waals surface area contributed by atoms with Crippen LogP contribution in [0.4, 0.5) is 0 Å². The van der Waals surface area contributed by atoms with Crippen molar-refractivity contribution in [3.63, 3.8) is 0 Å². The van der Waals surface area contributed by atoms with Crippen LogP contribution in [0.25, 0.3) is 0 Å². The topological polar surface area (TPSA) is 76.7 Å². The van der Waals surface area contributed by atoms with E-state index in [0.717, 1.165) is 5.56 Å². The number of carbonyl (C=O) groups is 2. The van der Waals surface area contributed by atoms with E-state index in [4.69, 9.17) is 32.7 Å². The van der Waals surface area contributed by atoms with Gasteiger partial charge >= 0.3 is 0 Å². The highest BCUT2D eigenvalue weighted by molar-refractivity contribution is 6.42. The van der Waals surface area contributed by atoms with Gasteiger partial charge in [-0.3, -0.25) is 20.4 Å². The summed E-state index contributed by atoms with van der Waals surface area (Å²) in [4.78, 5) is 24.6. The SMILES string of the molecule is O=C(NNC(=O)C1CC1c1cccc(Cl)c1Cl)c1ccc2c(c1)OCCO2. The fraction of sp³-hybridized carbons (Fsp3) is 0.263. The predicted octanol–water partition coefficient (Wildman–Crippen LogP) is 3.33. The number of nitrogens with one attached hydrogen (secondary N) is 2. The lowest BCUT2D eigenvalue weighted by molar-refractivity contribution is -0.123. The van der Waals surface area contributed by atoms with Crippen LogP contribution in [-0.2, 0) is 4.79 Å². The van der Waals surface area contributed by atoms with Crippen LogP contribution in [0.3, 0.4) is 0 Å². The second-order valence-corrected chi connectivity index (χ2v) is 7.18. The van der Waals surface area contributed by atoms with Gasteiger partial charge in [-0.15, -0.1) is 0 Å². The monoisotopic (exact) mass is 406 g/mol. The van der Waals surface area contributed by atoms with Crippen LogP contribution in [0.1, 0.15) is 28.3 Å². The molecular formula is C19H16Cl2N2O4. The number of amides is 2. The van der Waals surface area contributed by atoms with Crippen molar-refractivity contribution >= 4 is 35.0 Å². The van der Waals surface area contributed by atoms with Gasteiger partial charge in [-0.25, -0.2) is 0 Å². The van der Waals surface area contributed by atoms with Gasteiger partial charge in [0.2, 0.25) is 5.91 Å². The maximum absolute atomic E-state index is 12.3. The van der Waals surface area contributed by atoms with Crippen LogP contribution in [0.15, 0.2) is 36.4 Å². The van der Waals surface area contributed by atoms with Gasteiger partial charge in [-0.1, -0.05) is 35.3 Å². The molecule has 1 fully saturated rings. The molecule has 1 aliphatic heterocycles. The highest BCUT2D eigenvalue weighted by Crippen LogP contribution is 2.50. The average Bonchev–Trinajstić information content (AvgIpc) is 3.48. The number of hydrogen-bond acceptors (Lipinski definition) is 4. The van der Waals surface area contributed by atoms with Gasteiger partial charge in [0.05, 0.1) is 10.0 Å². The van der Waals surface area contributed by atoms with Crippen molar-refractivity contribution in [3.05, 3.63) is 57.6 Å². The van der Waals surface area contributed by atoms with Gasteiger partial charge in [0.1, 0.15) is 13.2 Å². The molecule has 0 saturated heterocycles. The van der Waals surface area contributed by atoms with Gasteiger partial charge < -0.3 is 9.47 Å². The number of carbonyl (C=O) groups excluding carboxylic acids is 2. The van der Waals surface area contributed by atoms with Crippen molar-refractivity contribution in [2.75, 3.05) is 13.2 Å². The van der Waals surface area contributed by atoms with Crippen molar-refractivity contribution in [2.24, 2.45) is 5.92 Å². The summed E-state index contributed by atoms with van der Waals surface area (Å²) in [6.45, 7) is 0.914. The fourth-order valence-corrected chi connectivity index (χ4v) is 3.55. The molecule has 1 saturated carbocycles. The molecule has 0 radical (unpaired) electrons. The number of hydrazine groups is 1. The maximum Gasteiger partial charge on any atom is 0.269 e. The van der Waals surface area contributed by atoms with E-state index in [9.17, 15) is 9.59 Å². The summed E-state index contributed by atoms with van der Waals surface area (Å²) >= 11 is 12.2. The van der Waals surface area contributed by atoms with Crippen LogP contribution >= 0.6 is 23.2 Å². The highest BCUT2D eigenvalue weighted by atomic mass is 35.5. The molecule has 0 aromatic heterocycles. The molecule has 8 heteroatoms. The molecule has 140 valence electrons. The first-order valence-corrected chi connectivity index (χ1v) is 9.24. The first-order chi connectivity index (χ1) is 13.0. The fourth-order valence-electron chi connectivity index (χ4n) is 3.10. The van der Waals surface area contributed by atoms with E-state index in [-0.39, 0.29) is 17.7 Å². The molecule has 2 aromatic carbocycles. The number of halogens is 2. The molecule has 1 heterocycles. The molecule has 1 aliphatic carbocycles. The lowest BCUT2D eigenvalue weighted by Gasteiger charge is -2.18. The summed E-state index contributed by atoms with van der Waals surface area (Å²) in [5.41, 5.74) is 6.12. The van der Waals surface area contributed by atoms with Crippen molar-refractivity contribution in [1.29, 1.82) is 0 Å². The summed E-state index contributed by atoms with van der Waals surface area (Å²) in [7, 11) is 0. The number of benzene rings is 2. The van der Waals surface area contributed by atoms with Gasteiger partial charge in [-0.2, -0.15) is 0 Å². The normalized spacial score (nSPS) is 19.9. The first-order valence-electron chi connectivity index (χ1n) is 8.48. The van der Waals surface area contributed by atoms with Gasteiger partial charge in [-0.05, 0) is 42.2 Å². The molecule has 2 aromatic rings. The third-order valence-electron chi connectivity index (χ3n) is 4.61. The molecule has 2 amide bonds. The van der Waals surface area contributed by atoms with E-state index < -0.39 is 5.91 Å². The zero-order chi connectivity index (χ0) is 19.0. The van der Waals surface area contributed by atoms with Gasteiger partial charge in [0.15, 0.2) is 11.5 Å². The smallest absolute Gasteiger partial charge is 0.269 e. The summed E-state index contributed by atoms with van der Waals surface area (Å²) in [6, 6.07) is 10.2. The Balaban J connectivity index is 1.35. The lowest BCUT2D eigenvalue weighted by Crippen LogP contribution is -2.42. The summed E-state index contributed by atoms with van der Waals surface area (Å²) in [5.74, 6) is 0.170. The highest BCUT2D eigenvalue weighted by Gasteiger charge is 2.45. The van der Waals surface area contributed by atoms with E-state index in [1.54, 1.807) is 30.3 Å². The van der Waals surface area contributed by atoms with Gasteiger partial charge in [0, 0.05) is 11.5 Å². The number of ether oxygens (including phenoxy) is 2. The zero-order valence-electron chi connectivity index (χ0n) is 14.1. The maximum atomic E-state index is 12.3. The van der Waals surface area contributed by atoms with E-state index in [1.807, 2.05) is 6.07 Å². The third kappa shape index (κ3) is 3.68. The second-order valence-electron chi connectivity index (χ2n) is 6.39. The Labute approximate surface area is 165 Å². The van der Waals surface area contributed by atoms with Crippen LogP contribution in [0, 0.1) is 5.92 Å². The summed E-state index contributed by atoms with van der Waals surface area (Å²) < 4.78 is 10.9. The standard InChI is InChI=1S/C19H16Cl2N2O4/c20-14-3-1-2-11(17(14)21)12-9-13(12)19(25)23-22-18(24)10-4-5-15-16(8-10)27-7-6-26-15/h1-5,8,12-13H,6-7,9H2,(H,22,24)(H,23,25). The van der Waals surface area contributed by atoms with E-state index in [1.165, 1.54) is 0 Å². The quantitative estimate of drug-likeness (QED) is 0.766. The van der Waals surface area contributed by atoms with Crippen molar-refractivity contribution in [1.82, 2.24) is 10.9 Å². The first kappa shape index (κ1) is 17.9. The minimum absolute atomic E-state index is 0.00222.